The maximum absolute atomic E-state index is 12.7. The van der Waals surface area contributed by atoms with Crippen molar-refractivity contribution in [3.05, 3.63) is 11.6 Å². The van der Waals surface area contributed by atoms with Crippen LogP contribution in [0.15, 0.2) is 11.6 Å². The van der Waals surface area contributed by atoms with Crippen LogP contribution in [0.2, 0.25) is 18.1 Å². The van der Waals surface area contributed by atoms with Crippen LogP contribution in [0.3, 0.4) is 0 Å². The number of allylic oxidation sites excluding steroid dienone is 2. The normalized spacial score (nSPS) is 47.1. The van der Waals surface area contributed by atoms with Crippen LogP contribution in [-0.2, 0) is 9.22 Å². The Balaban J connectivity index is 1.49. The highest BCUT2D eigenvalue weighted by atomic mass is 28.4. The van der Waals surface area contributed by atoms with E-state index in [9.17, 15) is 4.79 Å². The van der Waals surface area contributed by atoms with Crippen LogP contribution in [-0.4, -0.2) is 20.7 Å². The van der Waals surface area contributed by atoms with E-state index in [0.29, 0.717) is 40.1 Å². The predicted molar refractivity (Wildman–Crippen MR) is 167 cm³/mol. The standard InChI is InChI=1S/C36H62O2Si/c1-30(2,3)39(11,12)38-29-16-17-33(8)27(32(29,6)7)15-18-35(10)28(33)14-13-25-26-23-31(4,5)19-21-36(26,24-37)22-20-34(25,35)9/h13,24,26-29H,14-23H2,1-12H3/t26-,27-,28+,29-,33-,34+,35+,36+/m0/s1. The summed E-state index contributed by atoms with van der Waals surface area (Å²) in [6.07, 6.45) is 16.6. The number of fused-ring (bicyclic) bond motifs is 7. The average Bonchev–Trinajstić information content (AvgIpc) is 2.80. The smallest absolute Gasteiger partial charge is 0.192 e. The third-order valence-electron chi connectivity index (χ3n) is 15.1. The van der Waals surface area contributed by atoms with Gasteiger partial charge in [-0.15, -0.1) is 0 Å². The first-order chi connectivity index (χ1) is 17.7. The first-order valence-corrected chi connectivity index (χ1v) is 19.4. The molecule has 4 fully saturated rings. The number of hydrogen-bond donors (Lipinski definition) is 0. The summed E-state index contributed by atoms with van der Waals surface area (Å²) in [6.45, 7) is 30.1. The Kier molecular flexibility index (Phi) is 6.79. The highest BCUT2D eigenvalue weighted by Gasteiger charge is 2.68. The van der Waals surface area contributed by atoms with Gasteiger partial charge in [-0.1, -0.05) is 80.9 Å². The van der Waals surface area contributed by atoms with Crippen LogP contribution in [0.1, 0.15) is 133 Å². The van der Waals surface area contributed by atoms with Crippen LogP contribution in [0.5, 0.6) is 0 Å². The lowest BCUT2D eigenvalue weighted by atomic mass is 9.33. The highest BCUT2D eigenvalue weighted by molar-refractivity contribution is 6.74. The molecule has 0 bridgehead atoms. The lowest BCUT2D eigenvalue weighted by Gasteiger charge is -2.71. The molecule has 5 rings (SSSR count). The van der Waals surface area contributed by atoms with Gasteiger partial charge >= 0.3 is 0 Å². The molecule has 0 saturated heterocycles. The van der Waals surface area contributed by atoms with Gasteiger partial charge in [-0.2, -0.15) is 0 Å². The van der Waals surface area contributed by atoms with Crippen molar-refractivity contribution in [2.45, 2.75) is 158 Å². The van der Waals surface area contributed by atoms with Crippen LogP contribution < -0.4 is 0 Å². The molecule has 8 atom stereocenters. The molecule has 5 aliphatic carbocycles. The molecule has 0 spiro atoms. The summed E-state index contributed by atoms with van der Waals surface area (Å²) in [6, 6.07) is 0. The average molecular weight is 555 g/mol. The van der Waals surface area contributed by atoms with E-state index in [1.165, 1.54) is 57.7 Å². The first kappa shape index (κ1) is 30.1. The molecule has 0 aromatic carbocycles. The van der Waals surface area contributed by atoms with Gasteiger partial charge in [-0.05, 0) is 127 Å². The fourth-order valence-corrected chi connectivity index (χ4v) is 12.7. The second-order valence-electron chi connectivity index (χ2n) is 18.8. The molecule has 0 N–H and O–H groups in total. The van der Waals surface area contributed by atoms with Gasteiger partial charge in [0.25, 0.3) is 0 Å². The third kappa shape index (κ3) is 4.11. The van der Waals surface area contributed by atoms with Crippen molar-refractivity contribution in [3.8, 4) is 0 Å². The predicted octanol–water partition coefficient (Wildman–Crippen LogP) is 10.4. The van der Waals surface area contributed by atoms with Crippen LogP contribution >= 0.6 is 0 Å². The molecule has 0 heterocycles. The number of aldehydes is 1. The zero-order valence-electron chi connectivity index (χ0n) is 27.9. The minimum Gasteiger partial charge on any atom is -0.413 e. The van der Waals surface area contributed by atoms with E-state index in [1.807, 2.05) is 0 Å². The summed E-state index contributed by atoms with van der Waals surface area (Å²) in [5.74, 6) is 1.87. The molecular formula is C36H62O2Si. The van der Waals surface area contributed by atoms with Gasteiger partial charge in [-0.25, -0.2) is 0 Å². The van der Waals surface area contributed by atoms with Gasteiger partial charge in [0.2, 0.25) is 0 Å². The molecule has 5 aliphatic rings. The molecule has 0 amide bonds. The van der Waals surface area contributed by atoms with Crippen molar-refractivity contribution in [1.29, 1.82) is 0 Å². The van der Waals surface area contributed by atoms with E-state index in [1.54, 1.807) is 5.57 Å². The number of carbonyl (C=O) groups is 1. The van der Waals surface area contributed by atoms with Gasteiger partial charge in [0.05, 0.1) is 6.10 Å². The molecular weight excluding hydrogens is 492 g/mol. The molecule has 0 unspecified atom stereocenters. The maximum atomic E-state index is 12.7. The Morgan fingerprint density at radius 2 is 1.51 bits per heavy atom. The summed E-state index contributed by atoms with van der Waals surface area (Å²) in [5, 5.41) is 0.250. The second-order valence-corrected chi connectivity index (χ2v) is 23.5. The van der Waals surface area contributed by atoms with Crippen molar-refractivity contribution in [1.82, 2.24) is 0 Å². The van der Waals surface area contributed by atoms with Gasteiger partial charge in [0, 0.05) is 5.41 Å². The molecule has 0 aromatic rings. The van der Waals surface area contributed by atoms with Crippen LogP contribution in [0.25, 0.3) is 0 Å². The second kappa shape index (κ2) is 8.81. The van der Waals surface area contributed by atoms with E-state index in [2.05, 4.69) is 88.4 Å². The quantitative estimate of drug-likeness (QED) is 0.197. The topological polar surface area (TPSA) is 26.3 Å². The van der Waals surface area contributed by atoms with Crippen molar-refractivity contribution < 1.29 is 9.22 Å². The SMILES string of the molecule is CC1(C)CC[C@]2(C=O)CC[C@]3(C)C(=CC[C@@H]4[C@@]5(C)CC[C@H](O[Si](C)(C)C(C)(C)C)C(C)(C)[C@@H]5CC[C@]43C)[C@@H]2C1. The van der Waals surface area contributed by atoms with Gasteiger partial charge in [0.1, 0.15) is 6.29 Å². The summed E-state index contributed by atoms with van der Waals surface area (Å²) in [4.78, 5) is 12.7. The fourth-order valence-electron chi connectivity index (χ4n) is 11.2. The fraction of sp³-hybridized carbons (Fsp3) is 0.917. The lowest BCUT2D eigenvalue weighted by Crippen LogP contribution is -2.65. The molecule has 0 aromatic heterocycles. The molecule has 0 aliphatic heterocycles. The van der Waals surface area contributed by atoms with Crippen molar-refractivity contribution in [3.63, 3.8) is 0 Å². The van der Waals surface area contributed by atoms with E-state index in [-0.39, 0.29) is 21.3 Å². The summed E-state index contributed by atoms with van der Waals surface area (Å²) in [7, 11) is -1.82. The summed E-state index contributed by atoms with van der Waals surface area (Å²) < 4.78 is 7.22. The minimum atomic E-state index is -1.82. The molecule has 222 valence electrons. The third-order valence-corrected chi connectivity index (χ3v) is 19.6. The van der Waals surface area contributed by atoms with Crippen molar-refractivity contribution in [2.24, 2.45) is 50.2 Å². The molecule has 4 saturated carbocycles. The van der Waals surface area contributed by atoms with Gasteiger partial charge in [-0.3, -0.25) is 0 Å². The Bertz CT molecular complexity index is 1030. The van der Waals surface area contributed by atoms with Gasteiger partial charge in [0.15, 0.2) is 8.32 Å². The zero-order chi connectivity index (χ0) is 29.1. The number of carbonyl (C=O) groups excluding carboxylic acids is 1. The minimum absolute atomic E-state index is 0.105. The maximum Gasteiger partial charge on any atom is 0.192 e. The largest absolute Gasteiger partial charge is 0.413 e. The monoisotopic (exact) mass is 554 g/mol. The van der Waals surface area contributed by atoms with E-state index >= 15 is 0 Å². The molecule has 39 heavy (non-hydrogen) atoms. The van der Waals surface area contributed by atoms with E-state index in [0.717, 1.165) is 12.8 Å². The van der Waals surface area contributed by atoms with Gasteiger partial charge < -0.3 is 9.22 Å². The lowest BCUT2D eigenvalue weighted by molar-refractivity contribution is -0.200. The first-order valence-electron chi connectivity index (χ1n) is 16.5. The Hall–Kier alpha value is -0.413. The van der Waals surface area contributed by atoms with E-state index in [4.69, 9.17) is 4.43 Å². The molecule has 3 heteroatoms. The Morgan fingerprint density at radius 1 is 0.872 bits per heavy atom. The van der Waals surface area contributed by atoms with Crippen molar-refractivity contribution in [2.75, 3.05) is 0 Å². The number of rotatable bonds is 3. The van der Waals surface area contributed by atoms with Crippen molar-refractivity contribution >= 4 is 14.6 Å². The summed E-state index contributed by atoms with van der Waals surface area (Å²) in [5.41, 5.74) is 3.00. The summed E-state index contributed by atoms with van der Waals surface area (Å²) >= 11 is 0. The number of hydrogen-bond acceptors (Lipinski definition) is 2. The molecule has 2 nitrogen and oxygen atoms in total. The Labute approximate surface area is 243 Å². The molecule has 0 radical (unpaired) electrons. The van der Waals surface area contributed by atoms with E-state index < -0.39 is 8.32 Å². The van der Waals surface area contributed by atoms with Crippen LogP contribution in [0.4, 0.5) is 0 Å². The Morgan fingerprint density at radius 3 is 2.13 bits per heavy atom. The van der Waals surface area contributed by atoms with Crippen LogP contribution in [0, 0.1) is 50.2 Å². The zero-order valence-corrected chi connectivity index (χ0v) is 28.9. The highest BCUT2D eigenvalue weighted by Crippen LogP contribution is 2.75.